The maximum Gasteiger partial charge on any atom is 0.302 e. The van der Waals surface area contributed by atoms with Gasteiger partial charge in [-0.25, -0.2) is 0 Å². The molecule has 13 heavy (non-hydrogen) atoms. The predicted molar refractivity (Wildman–Crippen MR) is 59.4 cm³/mol. The van der Waals surface area contributed by atoms with Gasteiger partial charge in [-0.05, 0) is 46.7 Å². The average molecular weight is 290 g/mol. The van der Waals surface area contributed by atoms with Crippen LogP contribution in [0, 0.1) is 10.5 Å². The van der Waals surface area contributed by atoms with Crippen LogP contribution in [0.1, 0.15) is 18.1 Å². The zero-order chi connectivity index (χ0) is 9.84. The van der Waals surface area contributed by atoms with Gasteiger partial charge in [0.05, 0.1) is 0 Å². The molecule has 0 atom stereocenters. The Kier molecular flexibility index (Phi) is 3.71. The topological polar surface area (TPSA) is 26.3 Å². The molecular formula is C10H11IO2. The Hall–Kier alpha value is -0.580. The highest BCUT2D eigenvalue weighted by Crippen LogP contribution is 2.13. The summed E-state index contributed by atoms with van der Waals surface area (Å²) < 4.78 is 6.08. The third-order valence-corrected chi connectivity index (χ3v) is 2.84. The Morgan fingerprint density at radius 2 is 2.23 bits per heavy atom. The van der Waals surface area contributed by atoms with Gasteiger partial charge < -0.3 is 4.74 Å². The van der Waals surface area contributed by atoms with Crippen LogP contribution in [-0.4, -0.2) is 5.97 Å². The van der Waals surface area contributed by atoms with Crippen LogP contribution in [-0.2, 0) is 16.1 Å². The van der Waals surface area contributed by atoms with Gasteiger partial charge in [-0.3, -0.25) is 4.79 Å². The Balaban J connectivity index is 2.68. The van der Waals surface area contributed by atoms with Gasteiger partial charge in [0.15, 0.2) is 0 Å². The first-order chi connectivity index (χ1) is 6.09. The van der Waals surface area contributed by atoms with Crippen LogP contribution in [0.5, 0.6) is 0 Å². The molecule has 70 valence electrons. The molecule has 1 aromatic rings. The van der Waals surface area contributed by atoms with E-state index < -0.39 is 0 Å². The second kappa shape index (κ2) is 4.60. The molecule has 0 aliphatic heterocycles. The lowest BCUT2D eigenvalue weighted by Gasteiger charge is -2.04. The van der Waals surface area contributed by atoms with Crippen molar-refractivity contribution in [3.63, 3.8) is 0 Å². The molecule has 2 nitrogen and oxygen atoms in total. The molecule has 1 rings (SSSR count). The summed E-state index contributed by atoms with van der Waals surface area (Å²) in [5.74, 6) is -0.240. The molecule has 3 heteroatoms. The van der Waals surface area contributed by atoms with Crippen LogP contribution in [0.15, 0.2) is 18.2 Å². The van der Waals surface area contributed by atoms with Crippen molar-refractivity contribution in [2.45, 2.75) is 20.5 Å². The number of aryl methyl sites for hydroxylation is 1. The zero-order valence-electron chi connectivity index (χ0n) is 7.63. The molecule has 0 spiro atoms. The fourth-order valence-electron chi connectivity index (χ4n) is 0.911. The lowest BCUT2D eigenvalue weighted by Crippen LogP contribution is -1.99. The molecule has 0 radical (unpaired) electrons. The molecule has 0 N–H and O–H groups in total. The van der Waals surface area contributed by atoms with Gasteiger partial charge >= 0.3 is 5.97 Å². The van der Waals surface area contributed by atoms with Crippen molar-refractivity contribution >= 4 is 28.6 Å². The number of rotatable bonds is 2. The molecule has 0 aliphatic rings. The number of benzene rings is 1. The molecule has 0 fully saturated rings. The number of ether oxygens (including phenoxy) is 1. The van der Waals surface area contributed by atoms with Gasteiger partial charge in [-0.1, -0.05) is 12.1 Å². The third kappa shape index (κ3) is 3.34. The van der Waals surface area contributed by atoms with E-state index in [9.17, 15) is 4.79 Å². The van der Waals surface area contributed by atoms with Crippen molar-refractivity contribution in [1.82, 2.24) is 0 Å². The summed E-state index contributed by atoms with van der Waals surface area (Å²) >= 11 is 2.27. The minimum Gasteiger partial charge on any atom is -0.461 e. The summed E-state index contributed by atoms with van der Waals surface area (Å²) in [5.41, 5.74) is 2.28. The molecule has 0 heterocycles. The van der Waals surface area contributed by atoms with Gasteiger partial charge in [0.25, 0.3) is 0 Å². The van der Waals surface area contributed by atoms with Crippen LogP contribution >= 0.6 is 22.6 Å². The van der Waals surface area contributed by atoms with Crippen molar-refractivity contribution < 1.29 is 9.53 Å². The molecule has 0 saturated heterocycles. The molecule has 0 aromatic heterocycles. The average Bonchev–Trinajstić information content (AvgIpc) is 2.07. The highest BCUT2D eigenvalue weighted by atomic mass is 127. The predicted octanol–water partition coefficient (Wildman–Crippen LogP) is 2.66. The van der Waals surface area contributed by atoms with Crippen molar-refractivity contribution in [2.75, 3.05) is 0 Å². The molecular weight excluding hydrogens is 279 g/mol. The fraction of sp³-hybridized carbons (Fsp3) is 0.300. The van der Waals surface area contributed by atoms with E-state index in [0.717, 1.165) is 5.56 Å². The number of hydrogen-bond donors (Lipinski definition) is 0. The standard InChI is InChI=1S/C10H11IO2/c1-7-3-4-9(5-10(7)11)6-13-8(2)12/h3-5H,6H2,1-2H3. The molecule has 0 aliphatic carbocycles. The van der Waals surface area contributed by atoms with E-state index in [4.69, 9.17) is 4.74 Å². The summed E-state index contributed by atoms with van der Waals surface area (Å²) in [6.07, 6.45) is 0. The van der Waals surface area contributed by atoms with Gasteiger partial charge in [0.1, 0.15) is 6.61 Å². The molecule has 0 bridgehead atoms. The van der Waals surface area contributed by atoms with Crippen molar-refractivity contribution in [2.24, 2.45) is 0 Å². The monoisotopic (exact) mass is 290 g/mol. The number of carbonyl (C=O) groups excluding carboxylic acids is 1. The molecule has 0 amide bonds. The molecule has 0 unspecified atom stereocenters. The SMILES string of the molecule is CC(=O)OCc1ccc(C)c(I)c1. The molecule has 0 saturated carbocycles. The highest BCUT2D eigenvalue weighted by molar-refractivity contribution is 14.1. The van der Waals surface area contributed by atoms with Crippen LogP contribution < -0.4 is 0 Å². The Morgan fingerprint density at radius 3 is 2.77 bits per heavy atom. The minimum atomic E-state index is -0.240. The lowest BCUT2D eigenvalue weighted by atomic mass is 10.2. The second-order valence-corrected chi connectivity index (χ2v) is 4.03. The maximum atomic E-state index is 10.5. The van der Waals surface area contributed by atoms with Crippen LogP contribution in [0.4, 0.5) is 0 Å². The summed E-state index contributed by atoms with van der Waals surface area (Å²) in [6.45, 7) is 3.84. The summed E-state index contributed by atoms with van der Waals surface area (Å²) in [4.78, 5) is 10.5. The maximum absolute atomic E-state index is 10.5. The summed E-state index contributed by atoms with van der Waals surface area (Å²) in [6, 6.07) is 6.03. The van der Waals surface area contributed by atoms with E-state index >= 15 is 0 Å². The normalized spacial score (nSPS) is 9.77. The zero-order valence-corrected chi connectivity index (χ0v) is 9.79. The number of esters is 1. The van der Waals surface area contributed by atoms with E-state index in [1.54, 1.807) is 0 Å². The first-order valence-electron chi connectivity index (χ1n) is 3.98. The Morgan fingerprint density at radius 1 is 1.54 bits per heavy atom. The number of halogens is 1. The largest absolute Gasteiger partial charge is 0.461 e. The first-order valence-corrected chi connectivity index (χ1v) is 5.06. The van der Waals surface area contributed by atoms with E-state index in [2.05, 4.69) is 29.5 Å². The quantitative estimate of drug-likeness (QED) is 0.618. The fourth-order valence-corrected chi connectivity index (χ4v) is 1.49. The summed E-state index contributed by atoms with van der Waals surface area (Å²) in [5, 5.41) is 0. The van der Waals surface area contributed by atoms with Crippen molar-refractivity contribution in [1.29, 1.82) is 0 Å². The summed E-state index contributed by atoms with van der Waals surface area (Å²) in [7, 11) is 0. The van der Waals surface area contributed by atoms with E-state index in [0.29, 0.717) is 6.61 Å². The smallest absolute Gasteiger partial charge is 0.302 e. The lowest BCUT2D eigenvalue weighted by molar-refractivity contribution is -0.142. The highest BCUT2D eigenvalue weighted by Gasteiger charge is 1.99. The van der Waals surface area contributed by atoms with Crippen molar-refractivity contribution in [3.05, 3.63) is 32.9 Å². The van der Waals surface area contributed by atoms with Crippen LogP contribution in [0.3, 0.4) is 0 Å². The van der Waals surface area contributed by atoms with E-state index in [-0.39, 0.29) is 5.97 Å². The minimum absolute atomic E-state index is 0.240. The van der Waals surface area contributed by atoms with Crippen molar-refractivity contribution in [3.8, 4) is 0 Å². The van der Waals surface area contributed by atoms with Gasteiger partial charge in [0, 0.05) is 10.5 Å². The number of carbonyl (C=O) groups is 1. The molecule has 1 aromatic carbocycles. The number of hydrogen-bond acceptors (Lipinski definition) is 2. The second-order valence-electron chi connectivity index (χ2n) is 2.86. The Labute approximate surface area is 91.4 Å². The van der Waals surface area contributed by atoms with Crippen LogP contribution in [0.2, 0.25) is 0 Å². The van der Waals surface area contributed by atoms with E-state index in [1.165, 1.54) is 16.1 Å². The van der Waals surface area contributed by atoms with Gasteiger partial charge in [-0.15, -0.1) is 0 Å². The van der Waals surface area contributed by atoms with E-state index in [1.807, 2.05) is 18.2 Å². The van der Waals surface area contributed by atoms with Gasteiger partial charge in [0.2, 0.25) is 0 Å². The Bertz CT molecular complexity index is 321. The third-order valence-electron chi connectivity index (χ3n) is 1.68. The van der Waals surface area contributed by atoms with Crippen LogP contribution in [0.25, 0.3) is 0 Å². The first kappa shape index (κ1) is 10.5. The van der Waals surface area contributed by atoms with Gasteiger partial charge in [-0.2, -0.15) is 0 Å².